The van der Waals surface area contributed by atoms with Gasteiger partial charge in [-0.1, -0.05) is 13.8 Å². The molecule has 1 heterocycles. The van der Waals surface area contributed by atoms with E-state index < -0.39 is 12.0 Å². The van der Waals surface area contributed by atoms with Gasteiger partial charge in [0.25, 0.3) is 0 Å². The topological polar surface area (TPSA) is 78.4 Å². The summed E-state index contributed by atoms with van der Waals surface area (Å²) in [6.45, 7) is 4.34. The summed E-state index contributed by atoms with van der Waals surface area (Å²) in [5, 5.41) is 14.1. The Morgan fingerprint density at radius 3 is 2.60 bits per heavy atom. The lowest BCUT2D eigenvalue weighted by molar-refractivity contribution is -0.143. The molecule has 86 valence electrons. The summed E-state index contributed by atoms with van der Waals surface area (Å²) >= 11 is 1.50. The predicted octanol–water partition coefficient (Wildman–Crippen LogP) is -0.126. The highest BCUT2D eigenvalue weighted by atomic mass is 32.2. The quantitative estimate of drug-likeness (QED) is 0.629. The van der Waals surface area contributed by atoms with Gasteiger partial charge in [-0.05, 0) is 5.92 Å². The van der Waals surface area contributed by atoms with E-state index >= 15 is 0 Å². The second kappa shape index (κ2) is 5.37. The third-order valence-electron chi connectivity index (χ3n) is 2.18. The number of nitrogens with one attached hydrogen (secondary N) is 2. The number of amides is 1. The van der Waals surface area contributed by atoms with Gasteiger partial charge in [0.2, 0.25) is 5.91 Å². The maximum atomic E-state index is 11.6. The van der Waals surface area contributed by atoms with E-state index in [1.54, 1.807) is 13.8 Å². The van der Waals surface area contributed by atoms with Crippen molar-refractivity contribution in [1.82, 2.24) is 10.6 Å². The summed E-state index contributed by atoms with van der Waals surface area (Å²) in [7, 11) is 0. The first kappa shape index (κ1) is 12.3. The van der Waals surface area contributed by atoms with Crippen molar-refractivity contribution < 1.29 is 14.7 Å². The van der Waals surface area contributed by atoms with Crippen LogP contribution in [0.15, 0.2) is 0 Å². The lowest BCUT2D eigenvalue weighted by atomic mass is 10.1. The van der Waals surface area contributed by atoms with Crippen LogP contribution in [-0.4, -0.2) is 40.7 Å². The number of carbonyl (C=O) groups excluding carboxylic acids is 1. The Labute approximate surface area is 93.0 Å². The minimum absolute atomic E-state index is 0.113. The molecule has 0 bridgehead atoms. The van der Waals surface area contributed by atoms with Crippen molar-refractivity contribution in [2.24, 2.45) is 5.92 Å². The van der Waals surface area contributed by atoms with Crippen molar-refractivity contribution in [3.8, 4) is 0 Å². The molecule has 0 unspecified atom stereocenters. The molecule has 5 nitrogen and oxygen atoms in total. The molecular formula is C9H16N2O3S. The van der Waals surface area contributed by atoms with Crippen LogP contribution in [0.4, 0.5) is 0 Å². The van der Waals surface area contributed by atoms with Crippen LogP contribution < -0.4 is 10.6 Å². The van der Waals surface area contributed by atoms with Gasteiger partial charge < -0.3 is 10.4 Å². The van der Waals surface area contributed by atoms with Gasteiger partial charge in [-0.25, -0.2) is 4.79 Å². The highest BCUT2D eigenvalue weighted by Gasteiger charge is 2.29. The maximum Gasteiger partial charge on any atom is 0.326 e. The van der Waals surface area contributed by atoms with Crippen LogP contribution in [0.25, 0.3) is 0 Å². The average Bonchev–Trinajstić information content (AvgIpc) is 2.65. The molecule has 1 rings (SSSR count). The van der Waals surface area contributed by atoms with Crippen LogP contribution >= 0.6 is 11.8 Å². The lowest BCUT2D eigenvalue weighted by Crippen LogP contribution is -2.49. The van der Waals surface area contributed by atoms with E-state index in [9.17, 15) is 9.59 Å². The molecule has 1 aliphatic rings. The second-order valence-electron chi connectivity index (χ2n) is 3.77. The van der Waals surface area contributed by atoms with Crippen molar-refractivity contribution in [3.05, 3.63) is 0 Å². The summed E-state index contributed by atoms with van der Waals surface area (Å²) < 4.78 is 0. The lowest BCUT2D eigenvalue weighted by Gasteiger charge is -2.19. The van der Waals surface area contributed by atoms with Gasteiger partial charge in [-0.15, -0.1) is 11.8 Å². The number of carboxylic acid groups (broad SMARTS) is 1. The molecule has 1 amide bonds. The first-order valence-corrected chi connectivity index (χ1v) is 5.95. The van der Waals surface area contributed by atoms with Gasteiger partial charge in [-0.2, -0.15) is 0 Å². The van der Waals surface area contributed by atoms with Gasteiger partial charge in [0.15, 0.2) is 0 Å². The van der Waals surface area contributed by atoms with E-state index in [1.807, 2.05) is 0 Å². The molecule has 15 heavy (non-hydrogen) atoms. The number of aliphatic carboxylic acids is 1. The van der Waals surface area contributed by atoms with Crippen LogP contribution in [0, 0.1) is 5.92 Å². The fraction of sp³-hybridized carbons (Fsp3) is 0.778. The number of carbonyl (C=O) groups is 2. The van der Waals surface area contributed by atoms with E-state index in [0.29, 0.717) is 0 Å². The Bertz CT molecular complexity index is 252. The summed E-state index contributed by atoms with van der Waals surface area (Å²) in [5.74, 6) is -0.449. The molecule has 0 aliphatic carbocycles. The molecule has 0 aromatic rings. The third kappa shape index (κ3) is 3.39. The zero-order valence-corrected chi connectivity index (χ0v) is 9.63. The largest absolute Gasteiger partial charge is 0.480 e. The first-order chi connectivity index (χ1) is 7.02. The Hall–Kier alpha value is -0.750. The van der Waals surface area contributed by atoms with Gasteiger partial charge in [-0.3, -0.25) is 10.1 Å². The van der Waals surface area contributed by atoms with E-state index in [2.05, 4.69) is 10.6 Å². The Morgan fingerprint density at radius 1 is 1.53 bits per heavy atom. The standard InChI is InChI=1S/C9H16N2O3S/c1-5(2)6(9(13)14)11-7(12)8-10-3-4-15-8/h5-6,8,10H,3-4H2,1-2H3,(H,11,12)(H,13,14)/t6-,8-/m0/s1. The molecule has 1 fully saturated rings. The molecule has 6 heteroatoms. The van der Waals surface area contributed by atoms with Crippen molar-refractivity contribution in [2.45, 2.75) is 25.3 Å². The summed E-state index contributed by atoms with van der Waals surface area (Å²) in [6, 6.07) is -0.805. The second-order valence-corrected chi connectivity index (χ2v) is 4.99. The van der Waals surface area contributed by atoms with Crippen molar-refractivity contribution in [3.63, 3.8) is 0 Å². The van der Waals surface area contributed by atoms with Gasteiger partial charge in [0, 0.05) is 12.3 Å². The zero-order chi connectivity index (χ0) is 11.4. The van der Waals surface area contributed by atoms with Crippen LogP contribution in [0.3, 0.4) is 0 Å². The van der Waals surface area contributed by atoms with Gasteiger partial charge in [0.05, 0.1) is 0 Å². The number of hydrogen-bond donors (Lipinski definition) is 3. The Morgan fingerprint density at radius 2 is 2.20 bits per heavy atom. The molecule has 1 aliphatic heterocycles. The van der Waals surface area contributed by atoms with Gasteiger partial charge in [0.1, 0.15) is 11.4 Å². The van der Waals surface area contributed by atoms with Crippen LogP contribution in [-0.2, 0) is 9.59 Å². The monoisotopic (exact) mass is 232 g/mol. The molecule has 1 saturated heterocycles. The Balaban J connectivity index is 2.50. The fourth-order valence-electron chi connectivity index (χ4n) is 1.34. The van der Waals surface area contributed by atoms with Crippen LogP contribution in [0.5, 0.6) is 0 Å². The first-order valence-electron chi connectivity index (χ1n) is 4.90. The minimum Gasteiger partial charge on any atom is -0.480 e. The summed E-state index contributed by atoms with van der Waals surface area (Å²) in [4.78, 5) is 22.5. The van der Waals surface area contributed by atoms with Crippen LogP contribution in [0.2, 0.25) is 0 Å². The maximum absolute atomic E-state index is 11.6. The molecule has 2 atom stereocenters. The highest BCUT2D eigenvalue weighted by molar-refractivity contribution is 8.00. The van der Waals surface area contributed by atoms with E-state index in [1.165, 1.54) is 11.8 Å². The predicted molar refractivity (Wildman–Crippen MR) is 58.7 cm³/mol. The number of thioether (sulfide) groups is 1. The number of rotatable bonds is 4. The minimum atomic E-state index is -0.985. The molecule has 0 radical (unpaired) electrons. The fourth-order valence-corrected chi connectivity index (χ4v) is 2.26. The van der Waals surface area contributed by atoms with Gasteiger partial charge >= 0.3 is 5.97 Å². The van der Waals surface area contributed by atoms with Crippen molar-refractivity contribution in [2.75, 3.05) is 12.3 Å². The smallest absolute Gasteiger partial charge is 0.326 e. The average molecular weight is 232 g/mol. The molecule has 0 spiro atoms. The molecule has 0 aromatic heterocycles. The number of hydrogen-bond acceptors (Lipinski definition) is 4. The van der Waals surface area contributed by atoms with Crippen molar-refractivity contribution >= 4 is 23.6 Å². The van der Waals surface area contributed by atoms with E-state index in [4.69, 9.17) is 5.11 Å². The SMILES string of the molecule is CC(C)[C@H](NC(=O)[C@H]1NCCS1)C(=O)O. The molecular weight excluding hydrogens is 216 g/mol. The highest BCUT2D eigenvalue weighted by Crippen LogP contribution is 2.14. The summed E-state index contributed by atoms with van der Waals surface area (Å²) in [6.07, 6.45) is 0. The summed E-state index contributed by atoms with van der Waals surface area (Å²) in [5.41, 5.74) is 0. The Kier molecular flexibility index (Phi) is 4.41. The third-order valence-corrected chi connectivity index (χ3v) is 3.34. The van der Waals surface area contributed by atoms with E-state index in [0.717, 1.165) is 12.3 Å². The number of carboxylic acids is 1. The normalized spacial score (nSPS) is 22.7. The van der Waals surface area contributed by atoms with Crippen molar-refractivity contribution in [1.29, 1.82) is 0 Å². The molecule has 0 saturated carbocycles. The molecule has 0 aromatic carbocycles. The van der Waals surface area contributed by atoms with E-state index in [-0.39, 0.29) is 17.2 Å². The zero-order valence-electron chi connectivity index (χ0n) is 8.82. The molecule has 3 N–H and O–H groups in total. The van der Waals surface area contributed by atoms with Crippen LogP contribution in [0.1, 0.15) is 13.8 Å².